The fraction of sp³-hybridized carbons (Fsp3) is 0.400. The van der Waals surface area contributed by atoms with Crippen LogP contribution in [0.5, 0.6) is 0 Å². The molecule has 0 radical (unpaired) electrons. The van der Waals surface area contributed by atoms with Gasteiger partial charge in [0.25, 0.3) is 0 Å². The number of hydrogen-bond donors (Lipinski definition) is 1. The van der Waals surface area contributed by atoms with Crippen molar-refractivity contribution in [3.05, 3.63) is 53.1 Å². The van der Waals surface area contributed by atoms with Gasteiger partial charge in [0.1, 0.15) is 5.82 Å². The highest BCUT2D eigenvalue weighted by Gasteiger charge is 2.30. The van der Waals surface area contributed by atoms with E-state index in [4.69, 9.17) is 5.73 Å². The minimum absolute atomic E-state index is 0.128. The van der Waals surface area contributed by atoms with Crippen LogP contribution in [0.25, 0.3) is 0 Å². The van der Waals surface area contributed by atoms with E-state index in [2.05, 4.69) is 4.98 Å². The number of halogens is 3. The van der Waals surface area contributed by atoms with Crippen molar-refractivity contribution in [2.75, 3.05) is 0 Å². The van der Waals surface area contributed by atoms with Crippen molar-refractivity contribution in [2.45, 2.75) is 38.0 Å². The molecule has 0 saturated carbocycles. The summed E-state index contributed by atoms with van der Waals surface area (Å²) in [7, 11) is 0. The molecule has 1 aliphatic rings. The van der Waals surface area contributed by atoms with Crippen molar-refractivity contribution in [1.29, 1.82) is 0 Å². The van der Waals surface area contributed by atoms with Crippen molar-refractivity contribution >= 4 is 0 Å². The molecule has 0 fully saturated rings. The summed E-state index contributed by atoms with van der Waals surface area (Å²) < 4.78 is 40.2. The Morgan fingerprint density at radius 2 is 2.14 bits per heavy atom. The maximum atomic E-state index is 12.7. The Morgan fingerprint density at radius 3 is 2.90 bits per heavy atom. The van der Waals surface area contributed by atoms with E-state index in [1.165, 1.54) is 12.1 Å². The predicted molar refractivity (Wildman–Crippen MR) is 72.6 cm³/mol. The molecule has 0 bridgehead atoms. The molecule has 0 spiro atoms. The first-order valence-electron chi connectivity index (χ1n) is 6.92. The number of fused-ring (bicyclic) bond motifs is 1. The molecule has 1 aliphatic heterocycles. The third-order valence-electron chi connectivity index (χ3n) is 3.83. The van der Waals surface area contributed by atoms with Crippen molar-refractivity contribution in [2.24, 2.45) is 5.73 Å². The minimum atomic E-state index is -4.32. The van der Waals surface area contributed by atoms with E-state index < -0.39 is 11.7 Å². The standard InChI is InChI=1S/C15H16F3N3/c16-15(17,18)11-4-1-3-10(7-11)8-14-20-9-12-5-2-6-13(19)21(12)14/h1,3-4,7,9,13H,2,5-6,8,19H2. The highest BCUT2D eigenvalue weighted by atomic mass is 19.4. The maximum absolute atomic E-state index is 12.7. The van der Waals surface area contributed by atoms with Gasteiger partial charge in [0.05, 0.1) is 11.7 Å². The van der Waals surface area contributed by atoms with Crippen molar-refractivity contribution < 1.29 is 13.2 Å². The number of aryl methyl sites for hydroxylation is 1. The van der Waals surface area contributed by atoms with E-state index in [0.717, 1.165) is 36.8 Å². The van der Waals surface area contributed by atoms with Crippen LogP contribution in [0.3, 0.4) is 0 Å². The summed E-state index contributed by atoms with van der Waals surface area (Å²) in [6.45, 7) is 0. The summed E-state index contributed by atoms with van der Waals surface area (Å²) in [5, 5.41) is 0. The van der Waals surface area contributed by atoms with Gasteiger partial charge in [0, 0.05) is 18.3 Å². The Labute approximate surface area is 120 Å². The van der Waals surface area contributed by atoms with Crippen LogP contribution in [-0.2, 0) is 19.0 Å². The molecule has 0 saturated heterocycles. The van der Waals surface area contributed by atoms with Crippen LogP contribution >= 0.6 is 0 Å². The first kappa shape index (κ1) is 14.1. The SMILES string of the molecule is NC1CCCc2cnc(Cc3cccc(C(F)(F)F)c3)n21. The molecule has 1 aromatic carbocycles. The van der Waals surface area contributed by atoms with Gasteiger partial charge in [-0.25, -0.2) is 4.98 Å². The smallest absolute Gasteiger partial charge is 0.316 e. The lowest BCUT2D eigenvalue weighted by Crippen LogP contribution is -2.26. The van der Waals surface area contributed by atoms with E-state index in [-0.39, 0.29) is 6.17 Å². The fourth-order valence-corrected chi connectivity index (χ4v) is 2.82. The average Bonchev–Trinajstić information content (AvgIpc) is 2.83. The molecule has 1 unspecified atom stereocenters. The molecule has 0 amide bonds. The normalized spacial score (nSPS) is 18.6. The highest BCUT2D eigenvalue weighted by molar-refractivity contribution is 5.28. The second kappa shape index (κ2) is 5.18. The van der Waals surface area contributed by atoms with Crippen LogP contribution in [0.1, 0.15) is 41.7 Å². The summed E-state index contributed by atoms with van der Waals surface area (Å²) in [6.07, 6.45) is 0.507. The number of imidazole rings is 1. The third-order valence-corrected chi connectivity index (χ3v) is 3.83. The van der Waals surface area contributed by atoms with Gasteiger partial charge in [-0.2, -0.15) is 13.2 Å². The van der Waals surface area contributed by atoms with Gasteiger partial charge in [0.2, 0.25) is 0 Å². The van der Waals surface area contributed by atoms with Gasteiger partial charge in [-0.3, -0.25) is 0 Å². The minimum Gasteiger partial charge on any atom is -0.316 e. The van der Waals surface area contributed by atoms with E-state index in [0.29, 0.717) is 12.0 Å². The van der Waals surface area contributed by atoms with Crippen LogP contribution in [0.4, 0.5) is 13.2 Å². The fourth-order valence-electron chi connectivity index (χ4n) is 2.82. The summed E-state index contributed by atoms with van der Waals surface area (Å²) in [5.41, 5.74) is 7.12. The predicted octanol–water partition coefficient (Wildman–Crippen LogP) is 3.29. The summed E-state index contributed by atoms with van der Waals surface area (Å²) in [6, 6.07) is 5.37. The van der Waals surface area contributed by atoms with Gasteiger partial charge < -0.3 is 10.3 Å². The average molecular weight is 295 g/mol. The third kappa shape index (κ3) is 2.81. The van der Waals surface area contributed by atoms with Crippen LogP contribution in [0, 0.1) is 0 Å². The molecule has 1 atom stereocenters. The van der Waals surface area contributed by atoms with Crippen LogP contribution in [0.2, 0.25) is 0 Å². The summed E-state index contributed by atoms with van der Waals surface area (Å²) in [4.78, 5) is 4.34. The molecule has 1 aromatic heterocycles. The number of rotatable bonds is 2. The summed E-state index contributed by atoms with van der Waals surface area (Å²) >= 11 is 0. The van der Waals surface area contributed by atoms with E-state index >= 15 is 0 Å². The van der Waals surface area contributed by atoms with Crippen LogP contribution in [0.15, 0.2) is 30.5 Å². The van der Waals surface area contributed by atoms with Crippen molar-refractivity contribution in [3.63, 3.8) is 0 Å². The topological polar surface area (TPSA) is 43.8 Å². The zero-order chi connectivity index (χ0) is 15.0. The molecule has 6 heteroatoms. The lowest BCUT2D eigenvalue weighted by atomic mass is 10.1. The lowest BCUT2D eigenvalue weighted by Gasteiger charge is -2.24. The summed E-state index contributed by atoms with van der Waals surface area (Å²) in [5.74, 6) is 0.733. The van der Waals surface area contributed by atoms with Gasteiger partial charge in [-0.1, -0.05) is 18.2 Å². The molecule has 3 rings (SSSR count). The zero-order valence-corrected chi connectivity index (χ0v) is 11.4. The number of hydrogen-bond acceptors (Lipinski definition) is 2. The van der Waals surface area contributed by atoms with Crippen LogP contribution < -0.4 is 5.73 Å². The van der Waals surface area contributed by atoms with Gasteiger partial charge in [-0.05, 0) is 30.9 Å². The first-order chi connectivity index (χ1) is 9.95. The molecule has 112 valence electrons. The number of nitrogens with zero attached hydrogens (tertiary/aromatic N) is 2. The lowest BCUT2D eigenvalue weighted by molar-refractivity contribution is -0.137. The highest BCUT2D eigenvalue weighted by Crippen LogP contribution is 2.30. The molecule has 2 aromatic rings. The van der Waals surface area contributed by atoms with Crippen LogP contribution in [-0.4, -0.2) is 9.55 Å². The Balaban J connectivity index is 1.90. The monoisotopic (exact) mass is 295 g/mol. The Bertz CT molecular complexity index is 646. The number of aromatic nitrogens is 2. The molecule has 2 heterocycles. The molecule has 3 nitrogen and oxygen atoms in total. The molecular weight excluding hydrogens is 279 g/mol. The van der Waals surface area contributed by atoms with Gasteiger partial charge in [0.15, 0.2) is 0 Å². The van der Waals surface area contributed by atoms with Crippen molar-refractivity contribution in [1.82, 2.24) is 9.55 Å². The Hall–Kier alpha value is -1.82. The molecule has 0 aliphatic carbocycles. The molecule has 21 heavy (non-hydrogen) atoms. The number of alkyl halides is 3. The zero-order valence-electron chi connectivity index (χ0n) is 11.4. The van der Waals surface area contributed by atoms with Gasteiger partial charge in [-0.15, -0.1) is 0 Å². The number of nitrogens with two attached hydrogens (primary N) is 1. The quantitative estimate of drug-likeness (QED) is 0.924. The number of benzene rings is 1. The second-order valence-corrected chi connectivity index (χ2v) is 5.37. The Kier molecular flexibility index (Phi) is 3.49. The van der Waals surface area contributed by atoms with E-state index in [9.17, 15) is 13.2 Å². The second-order valence-electron chi connectivity index (χ2n) is 5.37. The largest absolute Gasteiger partial charge is 0.416 e. The van der Waals surface area contributed by atoms with E-state index in [1.54, 1.807) is 12.3 Å². The Morgan fingerprint density at radius 1 is 1.33 bits per heavy atom. The van der Waals surface area contributed by atoms with Gasteiger partial charge >= 0.3 is 6.18 Å². The van der Waals surface area contributed by atoms with E-state index in [1.807, 2.05) is 4.57 Å². The molecule has 2 N–H and O–H groups in total. The maximum Gasteiger partial charge on any atom is 0.416 e. The first-order valence-corrected chi connectivity index (χ1v) is 6.92. The van der Waals surface area contributed by atoms with Crippen molar-refractivity contribution in [3.8, 4) is 0 Å². The molecular formula is C15H16F3N3.